The van der Waals surface area contributed by atoms with E-state index < -0.39 is 0 Å². The number of halogens is 2. The van der Waals surface area contributed by atoms with E-state index in [4.69, 9.17) is 11.6 Å². The van der Waals surface area contributed by atoms with Gasteiger partial charge >= 0.3 is 0 Å². The van der Waals surface area contributed by atoms with Crippen molar-refractivity contribution in [1.29, 1.82) is 0 Å². The van der Waals surface area contributed by atoms with Gasteiger partial charge in [0.2, 0.25) is 0 Å². The maximum Gasteiger partial charge on any atom is 0.0701 e. The molecule has 1 nitrogen and oxygen atoms in total. The van der Waals surface area contributed by atoms with Gasteiger partial charge in [-0.1, -0.05) is 30.7 Å². The van der Waals surface area contributed by atoms with E-state index in [0.29, 0.717) is 5.92 Å². The molecule has 1 unspecified atom stereocenters. The molecule has 2 rings (SSSR count). The standard InChI is InChI=1S/C15H17BrClNS/c1-2-18-10-12(9-14-7-8-15(16)19-14)11-3-5-13(17)6-4-11/h3-8,12,18H,2,9-10H2,1H3. The summed E-state index contributed by atoms with van der Waals surface area (Å²) in [6, 6.07) is 12.5. The first-order valence-electron chi connectivity index (χ1n) is 6.39. The lowest BCUT2D eigenvalue weighted by Gasteiger charge is -2.17. The minimum Gasteiger partial charge on any atom is -0.316 e. The second-order valence-electron chi connectivity index (χ2n) is 4.47. The smallest absolute Gasteiger partial charge is 0.0701 e. The average Bonchev–Trinajstić information content (AvgIpc) is 2.81. The molecule has 0 amide bonds. The van der Waals surface area contributed by atoms with Crippen molar-refractivity contribution in [2.45, 2.75) is 19.3 Å². The molecule has 0 aliphatic rings. The van der Waals surface area contributed by atoms with Crippen LogP contribution in [0, 0.1) is 0 Å². The van der Waals surface area contributed by atoms with Crippen LogP contribution < -0.4 is 5.32 Å². The summed E-state index contributed by atoms with van der Waals surface area (Å²) in [5, 5.41) is 4.24. The maximum absolute atomic E-state index is 5.96. The Morgan fingerprint density at radius 1 is 1.21 bits per heavy atom. The SMILES string of the molecule is CCNCC(Cc1ccc(Br)s1)c1ccc(Cl)cc1. The second-order valence-corrected chi connectivity index (χ2v) is 7.45. The number of benzene rings is 1. The monoisotopic (exact) mass is 357 g/mol. The van der Waals surface area contributed by atoms with E-state index in [1.54, 1.807) is 0 Å². The van der Waals surface area contributed by atoms with Crippen molar-refractivity contribution in [2.24, 2.45) is 0 Å². The summed E-state index contributed by atoms with van der Waals surface area (Å²) < 4.78 is 1.20. The molecule has 102 valence electrons. The molecule has 1 aromatic carbocycles. The van der Waals surface area contributed by atoms with Gasteiger partial charge in [0, 0.05) is 22.4 Å². The predicted octanol–water partition coefficient (Wildman–Crippen LogP) is 5.10. The lowest BCUT2D eigenvalue weighted by Crippen LogP contribution is -2.22. The van der Waals surface area contributed by atoms with Crippen molar-refractivity contribution in [1.82, 2.24) is 5.32 Å². The second kappa shape index (κ2) is 7.44. The van der Waals surface area contributed by atoms with Crippen molar-refractivity contribution in [3.63, 3.8) is 0 Å². The number of hydrogen-bond donors (Lipinski definition) is 1. The van der Waals surface area contributed by atoms with Crippen molar-refractivity contribution in [3.05, 3.63) is 55.6 Å². The Morgan fingerprint density at radius 3 is 2.53 bits per heavy atom. The van der Waals surface area contributed by atoms with Gasteiger partial charge in [-0.3, -0.25) is 0 Å². The van der Waals surface area contributed by atoms with Crippen LogP contribution in [0.4, 0.5) is 0 Å². The largest absolute Gasteiger partial charge is 0.316 e. The molecule has 0 saturated carbocycles. The van der Waals surface area contributed by atoms with E-state index in [2.05, 4.69) is 52.4 Å². The van der Waals surface area contributed by atoms with Gasteiger partial charge in [-0.25, -0.2) is 0 Å². The summed E-state index contributed by atoms with van der Waals surface area (Å²) in [7, 11) is 0. The first-order chi connectivity index (χ1) is 9.19. The maximum atomic E-state index is 5.96. The zero-order valence-electron chi connectivity index (χ0n) is 10.8. The molecule has 0 saturated heterocycles. The molecule has 0 bridgehead atoms. The minimum atomic E-state index is 0.489. The summed E-state index contributed by atoms with van der Waals surface area (Å²) in [4.78, 5) is 1.41. The molecule has 0 fully saturated rings. The van der Waals surface area contributed by atoms with Crippen LogP contribution >= 0.6 is 38.9 Å². The Morgan fingerprint density at radius 2 is 1.95 bits per heavy atom. The third kappa shape index (κ3) is 4.60. The van der Waals surface area contributed by atoms with Crippen LogP contribution in [-0.4, -0.2) is 13.1 Å². The van der Waals surface area contributed by atoms with E-state index >= 15 is 0 Å². The van der Waals surface area contributed by atoms with Gasteiger partial charge in [-0.15, -0.1) is 11.3 Å². The van der Waals surface area contributed by atoms with E-state index in [1.807, 2.05) is 23.5 Å². The van der Waals surface area contributed by atoms with Crippen LogP contribution in [0.5, 0.6) is 0 Å². The van der Waals surface area contributed by atoms with E-state index in [-0.39, 0.29) is 0 Å². The van der Waals surface area contributed by atoms with Gasteiger partial charge in [-0.05, 0) is 58.7 Å². The van der Waals surface area contributed by atoms with Crippen molar-refractivity contribution < 1.29 is 0 Å². The van der Waals surface area contributed by atoms with Crippen LogP contribution in [0.15, 0.2) is 40.2 Å². The Kier molecular flexibility index (Phi) is 5.89. The van der Waals surface area contributed by atoms with Gasteiger partial charge in [0.25, 0.3) is 0 Å². The zero-order valence-corrected chi connectivity index (χ0v) is 14.0. The molecule has 1 aromatic heterocycles. The van der Waals surface area contributed by atoms with Crippen LogP contribution in [0.2, 0.25) is 5.02 Å². The zero-order chi connectivity index (χ0) is 13.7. The van der Waals surface area contributed by atoms with Crippen molar-refractivity contribution in [3.8, 4) is 0 Å². The number of thiophene rings is 1. The van der Waals surface area contributed by atoms with Gasteiger partial charge < -0.3 is 5.32 Å². The van der Waals surface area contributed by atoms with E-state index in [9.17, 15) is 0 Å². The molecule has 2 aromatic rings. The summed E-state index contributed by atoms with van der Waals surface area (Å²) in [6.45, 7) is 4.13. The topological polar surface area (TPSA) is 12.0 Å². The van der Waals surface area contributed by atoms with Crippen molar-refractivity contribution in [2.75, 3.05) is 13.1 Å². The van der Waals surface area contributed by atoms with E-state index in [1.165, 1.54) is 14.2 Å². The highest BCUT2D eigenvalue weighted by atomic mass is 79.9. The number of rotatable bonds is 6. The molecular formula is C15H17BrClNS. The molecule has 0 radical (unpaired) electrons. The fraction of sp³-hybridized carbons (Fsp3) is 0.333. The predicted molar refractivity (Wildman–Crippen MR) is 88.5 cm³/mol. The summed E-state index contributed by atoms with van der Waals surface area (Å²) in [6.07, 6.45) is 1.06. The molecular weight excluding hydrogens is 342 g/mol. The average molecular weight is 359 g/mol. The molecule has 1 heterocycles. The Hall–Kier alpha value is -0.350. The normalized spacial score (nSPS) is 12.6. The number of hydrogen-bond acceptors (Lipinski definition) is 2. The highest BCUT2D eigenvalue weighted by molar-refractivity contribution is 9.11. The van der Waals surface area contributed by atoms with Gasteiger partial charge in [0.1, 0.15) is 0 Å². The van der Waals surface area contributed by atoms with Gasteiger partial charge in [0.05, 0.1) is 3.79 Å². The molecule has 19 heavy (non-hydrogen) atoms. The van der Waals surface area contributed by atoms with Gasteiger partial charge in [-0.2, -0.15) is 0 Å². The molecule has 4 heteroatoms. The van der Waals surface area contributed by atoms with Crippen LogP contribution in [0.25, 0.3) is 0 Å². The number of nitrogens with one attached hydrogen (secondary N) is 1. The molecule has 1 N–H and O–H groups in total. The van der Waals surface area contributed by atoms with Crippen molar-refractivity contribution >= 4 is 38.9 Å². The molecule has 0 aliphatic carbocycles. The summed E-state index contributed by atoms with van der Waals surface area (Å²) in [5.41, 5.74) is 1.34. The lowest BCUT2D eigenvalue weighted by atomic mass is 9.95. The third-order valence-corrected chi connectivity index (χ3v) is 4.96. The van der Waals surface area contributed by atoms with Crippen LogP contribution in [0.3, 0.4) is 0 Å². The first kappa shape index (κ1) is 15.0. The fourth-order valence-electron chi connectivity index (χ4n) is 2.07. The Bertz CT molecular complexity index is 509. The van der Waals surface area contributed by atoms with Gasteiger partial charge in [0.15, 0.2) is 0 Å². The Balaban J connectivity index is 2.13. The molecule has 0 aliphatic heterocycles. The summed E-state index contributed by atoms with van der Waals surface area (Å²) in [5.74, 6) is 0.489. The third-order valence-electron chi connectivity index (χ3n) is 3.06. The first-order valence-corrected chi connectivity index (χ1v) is 8.38. The highest BCUT2D eigenvalue weighted by Gasteiger charge is 2.13. The summed E-state index contributed by atoms with van der Waals surface area (Å²) >= 11 is 11.3. The molecule has 1 atom stereocenters. The van der Waals surface area contributed by atoms with Crippen LogP contribution in [0.1, 0.15) is 23.3 Å². The van der Waals surface area contributed by atoms with Crippen LogP contribution in [-0.2, 0) is 6.42 Å². The Labute approximate surface area is 132 Å². The quantitative estimate of drug-likeness (QED) is 0.757. The molecule has 0 spiro atoms. The van der Waals surface area contributed by atoms with E-state index in [0.717, 1.165) is 24.5 Å². The number of likely N-dealkylation sites (N-methyl/N-ethyl adjacent to an activating group) is 1. The highest BCUT2D eigenvalue weighted by Crippen LogP contribution is 2.28. The minimum absolute atomic E-state index is 0.489. The lowest BCUT2D eigenvalue weighted by molar-refractivity contribution is 0.598. The fourth-order valence-corrected chi connectivity index (χ4v) is 3.75.